The number of fused-ring (bicyclic) bond motifs is 1. The van der Waals surface area contributed by atoms with E-state index in [1.165, 1.54) is 6.92 Å². The summed E-state index contributed by atoms with van der Waals surface area (Å²) in [5.74, 6) is -1.54. The molecule has 0 unspecified atom stereocenters. The summed E-state index contributed by atoms with van der Waals surface area (Å²) >= 11 is 0. The quantitative estimate of drug-likeness (QED) is 0.310. The van der Waals surface area contributed by atoms with E-state index in [0.717, 1.165) is 0 Å². The van der Waals surface area contributed by atoms with Gasteiger partial charge in [-0.15, -0.1) is 0 Å². The van der Waals surface area contributed by atoms with Crippen LogP contribution in [0.2, 0.25) is 0 Å². The SMILES string of the molecule is CC(=O)O[C@]1(C)[C@@H]2C=C(C(C)(C)OO)C(=O)C[C@@]2(C)CC[C@H]1OC(=O)[C@@]1(C)O[C@@H]1C. The molecule has 3 aliphatic rings. The molecule has 1 saturated carbocycles. The average Bonchev–Trinajstić information content (AvgIpc) is 3.24. The maximum Gasteiger partial charge on any atom is 0.341 e. The van der Waals surface area contributed by atoms with Crippen molar-refractivity contribution in [1.82, 2.24) is 0 Å². The Morgan fingerprint density at radius 1 is 1.27 bits per heavy atom. The van der Waals surface area contributed by atoms with E-state index >= 15 is 0 Å². The highest BCUT2D eigenvalue weighted by Crippen LogP contribution is 2.55. The van der Waals surface area contributed by atoms with Crippen molar-refractivity contribution in [2.75, 3.05) is 0 Å². The van der Waals surface area contributed by atoms with Gasteiger partial charge in [0.25, 0.3) is 0 Å². The van der Waals surface area contributed by atoms with E-state index in [0.29, 0.717) is 18.4 Å². The molecule has 0 aromatic heterocycles. The number of ketones is 1. The summed E-state index contributed by atoms with van der Waals surface area (Å²) in [6.07, 6.45) is 2.05. The van der Waals surface area contributed by atoms with Crippen LogP contribution >= 0.6 is 0 Å². The summed E-state index contributed by atoms with van der Waals surface area (Å²) < 4.78 is 17.0. The summed E-state index contributed by atoms with van der Waals surface area (Å²) in [5.41, 5.74) is -3.59. The van der Waals surface area contributed by atoms with Crippen LogP contribution in [0.4, 0.5) is 0 Å². The van der Waals surface area contributed by atoms with Crippen molar-refractivity contribution >= 4 is 17.7 Å². The van der Waals surface area contributed by atoms with Crippen molar-refractivity contribution in [1.29, 1.82) is 0 Å². The van der Waals surface area contributed by atoms with Gasteiger partial charge in [-0.05, 0) is 52.9 Å². The second kappa shape index (κ2) is 7.14. The summed E-state index contributed by atoms with van der Waals surface area (Å²) in [6.45, 7) is 11.7. The zero-order chi connectivity index (χ0) is 22.7. The molecule has 1 aliphatic heterocycles. The Labute approximate surface area is 176 Å². The fourth-order valence-corrected chi connectivity index (χ4v) is 5.08. The summed E-state index contributed by atoms with van der Waals surface area (Å²) in [6, 6.07) is 0. The topological polar surface area (TPSA) is 112 Å². The fourth-order valence-electron chi connectivity index (χ4n) is 5.08. The molecule has 2 aliphatic carbocycles. The van der Waals surface area contributed by atoms with E-state index in [1.54, 1.807) is 40.7 Å². The molecular weight excluding hydrogens is 392 g/mol. The third-order valence-electron chi connectivity index (χ3n) is 7.22. The maximum absolute atomic E-state index is 12.9. The number of Topliss-reactive ketones (excluding diaryl/α,β-unsaturated/α-hetero) is 1. The zero-order valence-electron chi connectivity index (χ0n) is 18.7. The first-order chi connectivity index (χ1) is 13.7. The van der Waals surface area contributed by atoms with Gasteiger partial charge in [0.1, 0.15) is 11.7 Å². The van der Waals surface area contributed by atoms with Crippen LogP contribution < -0.4 is 0 Å². The third-order valence-corrected chi connectivity index (χ3v) is 7.22. The molecule has 6 atom stereocenters. The van der Waals surface area contributed by atoms with Crippen LogP contribution in [0.1, 0.15) is 67.7 Å². The lowest BCUT2D eigenvalue weighted by Gasteiger charge is -2.55. The van der Waals surface area contributed by atoms with Crippen LogP contribution in [0.25, 0.3) is 0 Å². The van der Waals surface area contributed by atoms with Gasteiger partial charge in [0.05, 0.1) is 6.10 Å². The van der Waals surface area contributed by atoms with Crippen molar-refractivity contribution in [3.8, 4) is 0 Å². The number of epoxide rings is 1. The molecule has 8 heteroatoms. The van der Waals surface area contributed by atoms with Crippen LogP contribution in [0, 0.1) is 11.3 Å². The molecule has 30 heavy (non-hydrogen) atoms. The third kappa shape index (κ3) is 3.59. The summed E-state index contributed by atoms with van der Waals surface area (Å²) in [4.78, 5) is 42.2. The second-order valence-corrected chi connectivity index (χ2v) is 9.99. The highest BCUT2D eigenvalue weighted by atomic mass is 17.1. The molecule has 0 spiro atoms. The average molecular weight is 424 g/mol. The maximum atomic E-state index is 12.9. The predicted octanol–water partition coefficient (Wildman–Crippen LogP) is 2.98. The first-order valence-corrected chi connectivity index (χ1v) is 10.4. The van der Waals surface area contributed by atoms with Crippen molar-refractivity contribution < 1.29 is 38.7 Å². The smallest absolute Gasteiger partial charge is 0.341 e. The molecule has 1 N–H and O–H groups in total. The van der Waals surface area contributed by atoms with Crippen LogP contribution in [0.5, 0.6) is 0 Å². The number of ether oxygens (including phenoxy) is 3. The van der Waals surface area contributed by atoms with E-state index in [2.05, 4.69) is 4.89 Å². The van der Waals surface area contributed by atoms with E-state index in [9.17, 15) is 19.6 Å². The Hall–Kier alpha value is -1.77. The van der Waals surface area contributed by atoms with Gasteiger partial charge in [0, 0.05) is 24.8 Å². The number of rotatable bonds is 5. The molecule has 0 radical (unpaired) electrons. The largest absolute Gasteiger partial charge is 0.456 e. The molecule has 1 heterocycles. The first-order valence-electron chi connectivity index (χ1n) is 10.4. The molecule has 0 amide bonds. The number of carbonyl (C=O) groups is 3. The molecule has 0 aromatic carbocycles. The van der Waals surface area contributed by atoms with E-state index in [-0.39, 0.29) is 18.3 Å². The molecule has 3 rings (SSSR count). The van der Waals surface area contributed by atoms with E-state index in [4.69, 9.17) is 14.2 Å². The van der Waals surface area contributed by atoms with Crippen molar-refractivity contribution in [3.05, 3.63) is 11.6 Å². The highest BCUT2D eigenvalue weighted by molar-refractivity contribution is 5.98. The van der Waals surface area contributed by atoms with Crippen LogP contribution in [-0.2, 0) is 33.5 Å². The number of esters is 2. The van der Waals surface area contributed by atoms with Crippen molar-refractivity contribution in [3.63, 3.8) is 0 Å². The number of carbonyl (C=O) groups excluding carboxylic acids is 3. The van der Waals surface area contributed by atoms with Gasteiger partial charge < -0.3 is 14.2 Å². The molecule has 1 saturated heterocycles. The molecule has 0 bridgehead atoms. The van der Waals surface area contributed by atoms with Gasteiger partial charge in [-0.25, -0.2) is 9.68 Å². The van der Waals surface area contributed by atoms with E-state index in [1.807, 2.05) is 6.92 Å². The molecule has 8 nitrogen and oxygen atoms in total. The standard InChI is InChI=1S/C22H32O8/c1-12-21(6,28-12)18(25)27-17-8-9-20(5)11-15(24)14(19(3,4)30-26)10-16(20)22(17,7)29-13(2)23/h10,12,16-17,26H,8-9,11H2,1-7H3/t12-,16-,17-,20-,21+,22-/m1/s1. The summed E-state index contributed by atoms with van der Waals surface area (Å²) in [7, 11) is 0. The lowest BCUT2D eigenvalue weighted by atomic mass is 9.54. The molecular formula is C22H32O8. The Morgan fingerprint density at radius 2 is 1.87 bits per heavy atom. The minimum absolute atomic E-state index is 0.124. The zero-order valence-corrected chi connectivity index (χ0v) is 18.7. The highest BCUT2D eigenvalue weighted by Gasteiger charge is 2.62. The van der Waals surface area contributed by atoms with Crippen molar-refractivity contribution in [2.24, 2.45) is 11.3 Å². The number of hydrogen-bond donors (Lipinski definition) is 1. The van der Waals surface area contributed by atoms with E-state index < -0.39 is 46.2 Å². The predicted molar refractivity (Wildman–Crippen MR) is 105 cm³/mol. The van der Waals surface area contributed by atoms with Gasteiger partial charge in [-0.1, -0.05) is 13.0 Å². The lowest BCUT2D eigenvalue weighted by molar-refractivity contribution is -0.300. The normalized spacial score (nSPS) is 40.9. The molecule has 168 valence electrons. The van der Waals surface area contributed by atoms with Gasteiger partial charge in [-0.2, -0.15) is 0 Å². The minimum atomic E-state index is -1.22. The second-order valence-electron chi connectivity index (χ2n) is 9.99. The van der Waals surface area contributed by atoms with Gasteiger partial charge in [0.2, 0.25) is 0 Å². The lowest BCUT2D eigenvalue weighted by Crippen LogP contribution is -2.61. The van der Waals surface area contributed by atoms with Gasteiger partial charge >= 0.3 is 11.9 Å². The Balaban J connectivity index is 2.02. The van der Waals surface area contributed by atoms with Crippen LogP contribution in [0.3, 0.4) is 0 Å². The fraction of sp³-hybridized carbons (Fsp3) is 0.773. The first kappa shape index (κ1) is 22.9. The Morgan fingerprint density at radius 3 is 2.37 bits per heavy atom. The number of hydrogen-bond acceptors (Lipinski definition) is 8. The Kier molecular flexibility index (Phi) is 5.45. The molecule has 0 aromatic rings. The molecule has 2 fully saturated rings. The Bertz CT molecular complexity index is 801. The van der Waals surface area contributed by atoms with Gasteiger partial charge in [0.15, 0.2) is 17.0 Å². The van der Waals surface area contributed by atoms with Crippen LogP contribution in [-0.4, -0.2) is 52.0 Å². The van der Waals surface area contributed by atoms with Crippen molar-refractivity contribution in [2.45, 2.75) is 96.7 Å². The minimum Gasteiger partial charge on any atom is -0.456 e. The summed E-state index contributed by atoms with van der Waals surface area (Å²) in [5, 5.41) is 9.33. The van der Waals surface area contributed by atoms with Crippen LogP contribution in [0.15, 0.2) is 11.6 Å². The van der Waals surface area contributed by atoms with Gasteiger partial charge in [-0.3, -0.25) is 14.8 Å². The monoisotopic (exact) mass is 424 g/mol.